The van der Waals surface area contributed by atoms with E-state index in [2.05, 4.69) is 33.9 Å². The van der Waals surface area contributed by atoms with E-state index in [-0.39, 0.29) is 33.1 Å². The second-order valence-electron chi connectivity index (χ2n) is 7.00. The van der Waals surface area contributed by atoms with E-state index >= 15 is 0 Å². The molecule has 0 unspecified atom stereocenters. The van der Waals surface area contributed by atoms with Crippen LogP contribution in [0.25, 0.3) is 13.2 Å². The van der Waals surface area contributed by atoms with Gasteiger partial charge in [0.15, 0.2) is 11.5 Å². The van der Waals surface area contributed by atoms with Crippen molar-refractivity contribution in [3.05, 3.63) is 16.0 Å². The largest absolute Gasteiger partial charge is 0.507 e. The van der Waals surface area contributed by atoms with Gasteiger partial charge >= 0.3 is 0 Å². The smallest absolute Gasteiger partial charge is 0.165 e. The Morgan fingerprint density at radius 1 is 0.789 bits per heavy atom. The lowest BCUT2D eigenvalue weighted by Crippen LogP contribution is -2.30. The first kappa shape index (κ1) is 15.4. The first-order valence-corrected chi connectivity index (χ1v) is 6.34. The average molecular weight is 264 g/mol. The molecule has 0 aromatic heterocycles. The topological polar surface area (TPSA) is 60.7 Å². The third kappa shape index (κ3) is 2.86. The van der Waals surface area contributed by atoms with Crippen LogP contribution in [0.15, 0.2) is 0 Å². The van der Waals surface area contributed by atoms with Gasteiger partial charge in [-0.3, -0.25) is 0 Å². The second kappa shape index (κ2) is 4.48. The molecule has 0 atom stereocenters. The molecule has 0 aliphatic heterocycles. The van der Waals surface area contributed by atoms with E-state index in [1.54, 1.807) is 0 Å². The highest BCUT2D eigenvalue weighted by Gasteiger charge is 2.33. The van der Waals surface area contributed by atoms with E-state index in [9.17, 15) is 15.3 Å². The van der Waals surface area contributed by atoms with Gasteiger partial charge in [-0.25, -0.2) is 0 Å². The lowest BCUT2D eigenvalue weighted by atomic mass is 9.71. The molecule has 0 spiro atoms. The Hall–Kier alpha value is -1.64. The van der Waals surface area contributed by atoms with E-state index in [0.29, 0.717) is 5.56 Å². The van der Waals surface area contributed by atoms with Crippen molar-refractivity contribution >= 4 is 13.2 Å². The van der Waals surface area contributed by atoms with Crippen LogP contribution in [0.1, 0.15) is 46.6 Å². The molecule has 1 aromatic carbocycles. The maximum absolute atomic E-state index is 10.2. The minimum Gasteiger partial charge on any atom is -0.507 e. The SMILES string of the molecule is C=c1c(O)c(O)c(C(C)(C)CC(C)(C)C)c(O)c1=C. The molecule has 3 nitrogen and oxygen atoms in total. The molecule has 0 bridgehead atoms. The fourth-order valence-electron chi connectivity index (χ4n) is 2.87. The Morgan fingerprint density at radius 3 is 1.63 bits per heavy atom. The van der Waals surface area contributed by atoms with Crippen LogP contribution in [0.2, 0.25) is 0 Å². The fourth-order valence-corrected chi connectivity index (χ4v) is 2.87. The minimum absolute atomic E-state index is 0.0163. The van der Waals surface area contributed by atoms with Crippen molar-refractivity contribution in [2.45, 2.75) is 46.5 Å². The molecule has 106 valence electrons. The van der Waals surface area contributed by atoms with Gasteiger partial charge in [0.05, 0.1) is 0 Å². The van der Waals surface area contributed by atoms with Gasteiger partial charge in [-0.05, 0) is 17.3 Å². The predicted molar refractivity (Wildman–Crippen MR) is 78.8 cm³/mol. The number of rotatable bonds is 2. The molecule has 1 aromatic rings. The van der Waals surface area contributed by atoms with Crippen molar-refractivity contribution in [1.29, 1.82) is 0 Å². The lowest BCUT2D eigenvalue weighted by Gasteiger charge is -2.34. The molecule has 0 radical (unpaired) electrons. The van der Waals surface area contributed by atoms with Crippen LogP contribution in [0.4, 0.5) is 0 Å². The minimum atomic E-state index is -0.496. The van der Waals surface area contributed by atoms with Crippen LogP contribution in [-0.4, -0.2) is 15.3 Å². The van der Waals surface area contributed by atoms with Gasteiger partial charge in [-0.1, -0.05) is 47.8 Å². The molecule has 3 N–H and O–H groups in total. The lowest BCUT2D eigenvalue weighted by molar-refractivity contribution is 0.269. The van der Waals surface area contributed by atoms with Crippen molar-refractivity contribution < 1.29 is 15.3 Å². The molecule has 0 heterocycles. The first-order chi connectivity index (χ1) is 8.38. The van der Waals surface area contributed by atoms with E-state index < -0.39 is 5.41 Å². The van der Waals surface area contributed by atoms with Gasteiger partial charge in [-0.2, -0.15) is 0 Å². The summed E-state index contributed by atoms with van der Waals surface area (Å²) in [5.74, 6) is -0.696. The summed E-state index contributed by atoms with van der Waals surface area (Å²) >= 11 is 0. The normalized spacial score (nSPS) is 12.7. The first-order valence-electron chi connectivity index (χ1n) is 6.34. The zero-order valence-electron chi connectivity index (χ0n) is 12.5. The van der Waals surface area contributed by atoms with Crippen molar-refractivity contribution in [1.82, 2.24) is 0 Å². The Bertz CT molecular complexity index is 592. The molecule has 1 rings (SSSR count). The van der Waals surface area contributed by atoms with Gasteiger partial charge < -0.3 is 15.3 Å². The standard InChI is InChI=1S/C16H24O3/c1-9-10(2)13(18)14(19)11(12(9)17)16(6,7)8-15(3,4)5/h17-19H,1-2,8H2,3-7H3. The van der Waals surface area contributed by atoms with E-state index in [0.717, 1.165) is 6.42 Å². The molecule has 0 amide bonds. The van der Waals surface area contributed by atoms with Crippen molar-refractivity contribution in [3.8, 4) is 17.2 Å². The van der Waals surface area contributed by atoms with Crippen LogP contribution in [0.5, 0.6) is 17.2 Å². The van der Waals surface area contributed by atoms with Crippen molar-refractivity contribution in [2.75, 3.05) is 0 Å². The van der Waals surface area contributed by atoms with Crippen LogP contribution in [-0.2, 0) is 5.41 Å². The number of phenols is 3. The van der Waals surface area contributed by atoms with E-state index in [1.807, 2.05) is 13.8 Å². The second-order valence-corrected chi connectivity index (χ2v) is 7.00. The van der Waals surface area contributed by atoms with Crippen LogP contribution in [0.3, 0.4) is 0 Å². The quantitative estimate of drug-likeness (QED) is 0.567. The summed E-state index contributed by atoms with van der Waals surface area (Å²) in [6, 6.07) is 0. The monoisotopic (exact) mass is 264 g/mol. The molecule has 0 saturated heterocycles. The molecule has 0 aliphatic rings. The van der Waals surface area contributed by atoms with Gasteiger partial charge in [0.1, 0.15) is 5.75 Å². The van der Waals surface area contributed by atoms with Crippen LogP contribution < -0.4 is 10.4 Å². The summed E-state index contributed by atoms with van der Waals surface area (Å²) < 4.78 is 0. The maximum Gasteiger partial charge on any atom is 0.165 e. The number of aromatic hydroxyl groups is 3. The zero-order chi connectivity index (χ0) is 15.2. The molecule has 0 aliphatic carbocycles. The summed E-state index contributed by atoms with van der Waals surface area (Å²) in [7, 11) is 0. The fraction of sp³-hybridized carbons (Fsp3) is 0.500. The third-order valence-corrected chi connectivity index (χ3v) is 3.28. The number of hydrogen-bond donors (Lipinski definition) is 3. The van der Waals surface area contributed by atoms with E-state index in [1.165, 1.54) is 0 Å². The van der Waals surface area contributed by atoms with Gasteiger partial charge in [0.2, 0.25) is 0 Å². The number of hydrogen-bond acceptors (Lipinski definition) is 3. The predicted octanol–water partition coefficient (Wildman–Crippen LogP) is 2.34. The Morgan fingerprint density at radius 2 is 1.21 bits per heavy atom. The third-order valence-electron chi connectivity index (χ3n) is 3.28. The highest BCUT2D eigenvalue weighted by molar-refractivity contribution is 5.57. The highest BCUT2D eigenvalue weighted by atomic mass is 16.3. The molecular formula is C16H24O3. The van der Waals surface area contributed by atoms with Crippen molar-refractivity contribution in [3.63, 3.8) is 0 Å². The zero-order valence-corrected chi connectivity index (χ0v) is 12.5. The van der Waals surface area contributed by atoms with E-state index in [4.69, 9.17) is 0 Å². The highest BCUT2D eigenvalue weighted by Crippen LogP contribution is 2.44. The molecule has 19 heavy (non-hydrogen) atoms. The average Bonchev–Trinajstić information content (AvgIpc) is 2.20. The molecule has 0 saturated carbocycles. The molecular weight excluding hydrogens is 240 g/mol. The van der Waals surface area contributed by atoms with Gasteiger partial charge in [0, 0.05) is 16.0 Å². The summed E-state index contributed by atoms with van der Waals surface area (Å²) in [5, 5.41) is 30.7. The number of phenolic OH excluding ortho intramolecular Hbond substituents is 3. The Labute approximate surface area is 114 Å². The summed E-state index contributed by atoms with van der Waals surface area (Å²) in [4.78, 5) is 0. The van der Waals surface area contributed by atoms with Crippen LogP contribution >= 0.6 is 0 Å². The number of benzene rings is 1. The van der Waals surface area contributed by atoms with Gasteiger partial charge in [-0.15, -0.1) is 0 Å². The summed E-state index contributed by atoms with van der Waals surface area (Å²) in [6.07, 6.45) is 0.733. The van der Waals surface area contributed by atoms with Gasteiger partial charge in [0.25, 0.3) is 0 Å². The molecule has 3 heteroatoms. The summed E-state index contributed by atoms with van der Waals surface area (Å²) in [5.41, 5.74) is -0.149. The molecule has 0 fully saturated rings. The summed E-state index contributed by atoms with van der Waals surface area (Å²) in [6.45, 7) is 17.4. The van der Waals surface area contributed by atoms with Crippen LogP contribution in [0, 0.1) is 5.41 Å². The Kier molecular flexibility index (Phi) is 3.63. The Balaban J connectivity index is 3.61. The maximum atomic E-state index is 10.2. The van der Waals surface area contributed by atoms with Crippen molar-refractivity contribution in [2.24, 2.45) is 5.41 Å².